The van der Waals surface area contributed by atoms with Crippen LogP contribution in [0.4, 0.5) is 4.79 Å². The fourth-order valence-electron chi connectivity index (χ4n) is 2.65. The number of rotatable bonds is 4. The predicted molar refractivity (Wildman–Crippen MR) is 80.8 cm³/mol. The normalized spacial score (nSPS) is 18.0. The highest BCUT2D eigenvalue weighted by Gasteiger charge is 2.16. The van der Waals surface area contributed by atoms with Gasteiger partial charge in [0, 0.05) is 28.3 Å². The first-order valence-corrected chi connectivity index (χ1v) is 8.07. The van der Waals surface area contributed by atoms with Gasteiger partial charge in [-0.15, -0.1) is 11.3 Å². The molecule has 106 valence electrons. The van der Waals surface area contributed by atoms with Crippen LogP contribution in [0.2, 0.25) is 0 Å². The van der Waals surface area contributed by atoms with Gasteiger partial charge in [0.25, 0.3) is 0 Å². The van der Waals surface area contributed by atoms with Gasteiger partial charge in [-0.25, -0.2) is 4.79 Å². The molecular weight excluding hydrogens is 256 g/mol. The van der Waals surface area contributed by atoms with Crippen LogP contribution in [0.5, 0.6) is 0 Å². The van der Waals surface area contributed by atoms with E-state index in [1.54, 1.807) is 0 Å². The molecule has 19 heavy (non-hydrogen) atoms. The fourth-order valence-corrected chi connectivity index (χ4v) is 3.66. The number of hydrogen-bond acceptors (Lipinski definition) is 2. The first-order valence-electron chi connectivity index (χ1n) is 7.26. The molecule has 0 radical (unpaired) electrons. The van der Waals surface area contributed by atoms with Crippen molar-refractivity contribution in [1.29, 1.82) is 0 Å². The highest BCUT2D eigenvalue weighted by molar-refractivity contribution is 7.11. The summed E-state index contributed by atoms with van der Waals surface area (Å²) in [5.74, 6) is 0. The Labute approximate surface area is 119 Å². The van der Waals surface area contributed by atoms with Gasteiger partial charge in [0.05, 0.1) is 0 Å². The van der Waals surface area contributed by atoms with E-state index in [0.29, 0.717) is 6.04 Å². The molecule has 0 spiro atoms. The van der Waals surface area contributed by atoms with Crippen molar-refractivity contribution in [2.24, 2.45) is 0 Å². The quantitative estimate of drug-likeness (QED) is 0.869. The number of carbonyl (C=O) groups is 1. The molecule has 1 atom stereocenters. The third-order valence-electron chi connectivity index (χ3n) is 3.62. The van der Waals surface area contributed by atoms with E-state index < -0.39 is 0 Å². The minimum absolute atomic E-state index is 0.00678. The molecule has 1 heterocycles. The molecule has 1 aliphatic rings. The summed E-state index contributed by atoms with van der Waals surface area (Å²) in [6, 6.07) is 4.84. The lowest BCUT2D eigenvalue weighted by molar-refractivity contribution is 0.229. The molecule has 0 bridgehead atoms. The van der Waals surface area contributed by atoms with Crippen molar-refractivity contribution in [3.8, 4) is 0 Å². The average molecular weight is 280 g/mol. The lowest BCUT2D eigenvalue weighted by Gasteiger charge is -2.24. The van der Waals surface area contributed by atoms with Gasteiger partial charge >= 0.3 is 6.03 Å². The van der Waals surface area contributed by atoms with Gasteiger partial charge in [-0.05, 0) is 38.8 Å². The molecule has 2 rings (SSSR count). The van der Waals surface area contributed by atoms with E-state index in [-0.39, 0.29) is 12.1 Å². The molecule has 0 saturated heterocycles. The second-order valence-electron chi connectivity index (χ2n) is 5.57. The van der Waals surface area contributed by atoms with E-state index in [9.17, 15) is 4.79 Å². The minimum Gasteiger partial charge on any atom is -0.335 e. The Morgan fingerprint density at radius 1 is 1.37 bits per heavy atom. The van der Waals surface area contributed by atoms with Crippen molar-refractivity contribution in [2.75, 3.05) is 0 Å². The number of carbonyl (C=O) groups excluding carboxylic acids is 1. The van der Waals surface area contributed by atoms with Crippen molar-refractivity contribution in [3.63, 3.8) is 0 Å². The monoisotopic (exact) mass is 280 g/mol. The van der Waals surface area contributed by atoms with E-state index in [4.69, 9.17) is 0 Å². The van der Waals surface area contributed by atoms with E-state index in [0.717, 1.165) is 19.3 Å². The number of thiophene rings is 1. The standard InChI is InChI=1S/C15H24N2OS/c1-11(10-14-9-8-12(2)19-14)16-15(18)17-13-6-4-3-5-7-13/h8-9,11,13H,3-7,10H2,1-2H3,(H2,16,17,18). The van der Waals surface area contributed by atoms with Gasteiger partial charge in [0.1, 0.15) is 0 Å². The maximum absolute atomic E-state index is 11.9. The molecule has 3 nitrogen and oxygen atoms in total. The lowest BCUT2D eigenvalue weighted by atomic mass is 9.96. The van der Waals surface area contributed by atoms with Crippen molar-refractivity contribution in [3.05, 3.63) is 21.9 Å². The van der Waals surface area contributed by atoms with E-state index in [1.165, 1.54) is 29.0 Å². The maximum atomic E-state index is 11.9. The third kappa shape index (κ3) is 4.86. The summed E-state index contributed by atoms with van der Waals surface area (Å²) in [6.07, 6.45) is 6.98. The summed E-state index contributed by atoms with van der Waals surface area (Å²) < 4.78 is 0. The summed E-state index contributed by atoms with van der Waals surface area (Å²) in [5.41, 5.74) is 0. The fraction of sp³-hybridized carbons (Fsp3) is 0.667. The van der Waals surface area contributed by atoms with Crippen LogP contribution < -0.4 is 10.6 Å². The Morgan fingerprint density at radius 3 is 2.74 bits per heavy atom. The van der Waals surface area contributed by atoms with Crippen LogP contribution in [0.1, 0.15) is 48.8 Å². The van der Waals surface area contributed by atoms with E-state index in [1.807, 2.05) is 11.3 Å². The number of nitrogens with one attached hydrogen (secondary N) is 2. The number of hydrogen-bond donors (Lipinski definition) is 2. The van der Waals surface area contributed by atoms with E-state index >= 15 is 0 Å². The topological polar surface area (TPSA) is 41.1 Å². The van der Waals surface area contributed by atoms with Gasteiger partial charge in [0.2, 0.25) is 0 Å². The average Bonchev–Trinajstić information content (AvgIpc) is 2.75. The van der Waals surface area contributed by atoms with Gasteiger partial charge in [0.15, 0.2) is 0 Å². The zero-order valence-corrected chi connectivity index (χ0v) is 12.7. The molecule has 2 N–H and O–H groups in total. The molecule has 1 aromatic heterocycles. The van der Waals surface area contributed by atoms with Crippen LogP contribution in [0.25, 0.3) is 0 Å². The summed E-state index contributed by atoms with van der Waals surface area (Å²) in [5, 5.41) is 6.14. The second kappa shape index (κ2) is 6.94. The van der Waals surface area contributed by atoms with Crippen molar-refractivity contribution >= 4 is 17.4 Å². The number of aryl methyl sites for hydroxylation is 1. The Balaban J connectivity index is 1.71. The summed E-state index contributed by atoms with van der Waals surface area (Å²) >= 11 is 1.81. The maximum Gasteiger partial charge on any atom is 0.315 e. The highest BCUT2D eigenvalue weighted by atomic mass is 32.1. The van der Waals surface area contributed by atoms with Crippen LogP contribution in [0.15, 0.2) is 12.1 Å². The molecule has 4 heteroatoms. The van der Waals surface area contributed by atoms with Crippen LogP contribution >= 0.6 is 11.3 Å². The molecule has 0 aromatic carbocycles. The molecule has 1 fully saturated rings. The van der Waals surface area contributed by atoms with Gasteiger partial charge in [-0.2, -0.15) is 0 Å². The van der Waals surface area contributed by atoms with Crippen LogP contribution in [-0.4, -0.2) is 18.1 Å². The first-order chi connectivity index (χ1) is 9.13. The smallest absolute Gasteiger partial charge is 0.315 e. The van der Waals surface area contributed by atoms with Crippen molar-refractivity contribution in [1.82, 2.24) is 10.6 Å². The minimum atomic E-state index is -0.00678. The summed E-state index contributed by atoms with van der Waals surface area (Å²) in [7, 11) is 0. The summed E-state index contributed by atoms with van der Waals surface area (Å²) in [4.78, 5) is 14.6. The Kier molecular flexibility index (Phi) is 5.25. The van der Waals surface area contributed by atoms with Crippen LogP contribution in [-0.2, 0) is 6.42 Å². The molecular formula is C15H24N2OS. The molecule has 1 aromatic rings. The predicted octanol–water partition coefficient (Wildman–Crippen LogP) is 3.62. The largest absolute Gasteiger partial charge is 0.335 e. The SMILES string of the molecule is Cc1ccc(CC(C)NC(=O)NC2CCCCC2)s1. The molecule has 1 aliphatic carbocycles. The molecule has 0 aliphatic heterocycles. The Bertz CT molecular complexity index is 410. The molecule has 2 amide bonds. The van der Waals surface area contributed by atoms with Gasteiger partial charge < -0.3 is 10.6 Å². The van der Waals surface area contributed by atoms with Gasteiger partial charge in [-0.3, -0.25) is 0 Å². The molecule has 1 unspecified atom stereocenters. The Morgan fingerprint density at radius 2 is 2.11 bits per heavy atom. The van der Waals surface area contributed by atoms with Gasteiger partial charge in [-0.1, -0.05) is 19.3 Å². The second-order valence-corrected chi connectivity index (χ2v) is 6.94. The van der Waals surface area contributed by atoms with Crippen LogP contribution in [0.3, 0.4) is 0 Å². The summed E-state index contributed by atoms with van der Waals surface area (Å²) in [6.45, 7) is 4.18. The van der Waals surface area contributed by atoms with Crippen molar-refractivity contribution < 1.29 is 4.79 Å². The molecule has 1 saturated carbocycles. The number of urea groups is 1. The van der Waals surface area contributed by atoms with E-state index in [2.05, 4.69) is 36.6 Å². The highest BCUT2D eigenvalue weighted by Crippen LogP contribution is 2.18. The zero-order valence-electron chi connectivity index (χ0n) is 11.9. The van der Waals surface area contributed by atoms with Crippen molar-refractivity contribution in [2.45, 2.75) is 64.5 Å². The Hall–Kier alpha value is -1.03. The number of amides is 2. The van der Waals surface area contributed by atoms with Crippen LogP contribution in [0, 0.1) is 6.92 Å². The first kappa shape index (κ1) is 14.4. The lowest BCUT2D eigenvalue weighted by Crippen LogP contribution is -2.46. The third-order valence-corrected chi connectivity index (χ3v) is 4.64. The zero-order chi connectivity index (χ0) is 13.7.